The van der Waals surface area contributed by atoms with Crippen molar-refractivity contribution in [3.05, 3.63) is 95.3 Å². The number of para-hydroxylation sites is 1. The van der Waals surface area contributed by atoms with Crippen LogP contribution in [0.2, 0.25) is 0 Å². The summed E-state index contributed by atoms with van der Waals surface area (Å²) in [7, 11) is 0. The Morgan fingerprint density at radius 3 is 2.54 bits per heavy atom. The smallest absolute Gasteiger partial charge is 0.146 e. The van der Waals surface area contributed by atoms with Crippen molar-refractivity contribution in [2.24, 2.45) is 5.73 Å². The van der Waals surface area contributed by atoms with Gasteiger partial charge in [0.1, 0.15) is 18.2 Å². The molecular formula is C22H21FN2O. The zero-order valence-electron chi connectivity index (χ0n) is 14.4. The molecule has 0 radical (unpaired) electrons. The quantitative estimate of drug-likeness (QED) is 0.741. The maximum atomic E-state index is 14.3. The highest BCUT2D eigenvalue weighted by Crippen LogP contribution is 2.39. The maximum Gasteiger partial charge on any atom is 0.146 e. The molecule has 3 aromatic carbocycles. The molecule has 1 aliphatic rings. The van der Waals surface area contributed by atoms with Crippen LogP contribution in [0, 0.1) is 5.82 Å². The van der Waals surface area contributed by atoms with Gasteiger partial charge < -0.3 is 15.4 Å². The van der Waals surface area contributed by atoms with Crippen LogP contribution in [-0.2, 0) is 13.2 Å². The van der Waals surface area contributed by atoms with Crippen LogP contribution in [-0.4, -0.2) is 6.54 Å². The molecule has 1 heterocycles. The summed E-state index contributed by atoms with van der Waals surface area (Å²) in [6.45, 7) is 1.59. The van der Waals surface area contributed by atoms with Crippen LogP contribution in [0.4, 0.5) is 10.1 Å². The Morgan fingerprint density at radius 1 is 1.00 bits per heavy atom. The number of benzene rings is 3. The van der Waals surface area contributed by atoms with Gasteiger partial charge in [-0.1, -0.05) is 48.5 Å². The normalized spacial score (nSPS) is 15.8. The van der Waals surface area contributed by atoms with Gasteiger partial charge in [0, 0.05) is 13.1 Å². The molecule has 0 saturated carbocycles. The number of ether oxygens (including phenoxy) is 1. The maximum absolute atomic E-state index is 14.3. The second-order valence-corrected chi connectivity index (χ2v) is 6.47. The van der Waals surface area contributed by atoms with E-state index >= 15 is 0 Å². The summed E-state index contributed by atoms with van der Waals surface area (Å²) in [5, 5.41) is 0. The van der Waals surface area contributed by atoms with E-state index in [1.54, 1.807) is 12.1 Å². The van der Waals surface area contributed by atoms with E-state index in [2.05, 4.69) is 6.07 Å². The van der Waals surface area contributed by atoms with E-state index < -0.39 is 0 Å². The van der Waals surface area contributed by atoms with E-state index in [1.807, 2.05) is 53.4 Å². The number of fused-ring (bicyclic) bond motifs is 1. The molecule has 26 heavy (non-hydrogen) atoms. The summed E-state index contributed by atoms with van der Waals surface area (Å²) < 4.78 is 20.2. The minimum atomic E-state index is -0.223. The molecule has 0 saturated heterocycles. The Bertz CT molecular complexity index is 898. The summed E-state index contributed by atoms with van der Waals surface area (Å²) >= 11 is 0. The molecule has 0 bridgehead atoms. The van der Waals surface area contributed by atoms with E-state index in [9.17, 15) is 4.39 Å². The Hall–Kier alpha value is -2.85. The zero-order chi connectivity index (χ0) is 17.9. The highest BCUT2D eigenvalue weighted by atomic mass is 19.1. The lowest BCUT2D eigenvalue weighted by molar-refractivity contribution is 0.306. The lowest BCUT2D eigenvalue weighted by Gasteiger charge is -2.26. The molecule has 0 aromatic heterocycles. The Balaban J connectivity index is 1.57. The van der Waals surface area contributed by atoms with Crippen LogP contribution >= 0.6 is 0 Å². The molecule has 3 aromatic rings. The van der Waals surface area contributed by atoms with Gasteiger partial charge in [0.25, 0.3) is 0 Å². The zero-order valence-corrected chi connectivity index (χ0v) is 14.4. The van der Waals surface area contributed by atoms with Gasteiger partial charge in [-0.25, -0.2) is 4.39 Å². The highest BCUT2D eigenvalue weighted by Gasteiger charge is 2.31. The van der Waals surface area contributed by atoms with Crippen molar-refractivity contribution in [3.63, 3.8) is 0 Å². The Kier molecular flexibility index (Phi) is 4.59. The van der Waals surface area contributed by atoms with Gasteiger partial charge in [0.15, 0.2) is 0 Å². The summed E-state index contributed by atoms with van der Waals surface area (Å²) in [5.41, 5.74) is 10.0. The van der Waals surface area contributed by atoms with Crippen molar-refractivity contribution >= 4 is 5.69 Å². The van der Waals surface area contributed by atoms with Gasteiger partial charge in [-0.05, 0) is 41.0 Å². The third kappa shape index (κ3) is 3.16. The molecule has 2 N–H and O–H groups in total. The number of nitrogens with zero attached hydrogens (tertiary/aromatic N) is 1. The topological polar surface area (TPSA) is 38.5 Å². The fraction of sp³-hybridized carbons (Fsp3) is 0.182. The lowest BCUT2D eigenvalue weighted by atomic mass is 10.0. The second-order valence-electron chi connectivity index (χ2n) is 6.47. The van der Waals surface area contributed by atoms with Crippen LogP contribution < -0.4 is 15.4 Å². The molecule has 1 aliphatic heterocycles. The van der Waals surface area contributed by atoms with Gasteiger partial charge in [0.2, 0.25) is 0 Å². The van der Waals surface area contributed by atoms with Crippen LogP contribution in [0.25, 0.3) is 0 Å². The third-order valence-corrected chi connectivity index (χ3v) is 4.83. The third-order valence-electron chi connectivity index (χ3n) is 4.83. The molecular weight excluding hydrogens is 327 g/mol. The molecule has 0 spiro atoms. The summed E-state index contributed by atoms with van der Waals surface area (Å²) in [6, 6.07) is 22.9. The largest absolute Gasteiger partial charge is 0.489 e. The number of hydrogen-bond acceptors (Lipinski definition) is 3. The minimum Gasteiger partial charge on any atom is -0.489 e. The minimum absolute atomic E-state index is 0.0535. The molecule has 132 valence electrons. The van der Waals surface area contributed by atoms with E-state index in [-0.39, 0.29) is 11.9 Å². The Labute approximate surface area is 152 Å². The second kappa shape index (κ2) is 7.18. The van der Waals surface area contributed by atoms with Crippen molar-refractivity contribution < 1.29 is 9.13 Å². The van der Waals surface area contributed by atoms with E-state index in [0.717, 1.165) is 22.4 Å². The number of halogens is 1. The fourth-order valence-electron chi connectivity index (χ4n) is 3.51. The predicted molar refractivity (Wildman–Crippen MR) is 102 cm³/mol. The monoisotopic (exact) mass is 348 g/mol. The molecule has 0 amide bonds. The first-order valence-electron chi connectivity index (χ1n) is 8.77. The first-order chi connectivity index (χ1) is 12.8. The van der Waals surface area contributed by atoms with Crippen molar-refractivity contribution in [1.82, 2.24) is 0 Å². The predicted octanol–water partition coefficient (Wildman–Crippen LogP) is 4.42. The van der Waals surface area contributed by atoms with E-state index in [4.69, 9.17) is 10.5 Å². The summed E-state index contributed by atoms with van der Waals surface area (Å²) in [6.07, 6.45) is 0. The van der Waals surface area contributed by atoms with Gasteiger partial charge in [-0.2, -0.15) is 0 Å². The number of nitrogens with two attached hydrogens (primary N) is 1. The standard InChI is InChI=1S/C22H21FN2O/c23-20-8-4-5-9-21(20)25-14-17-10-11-18(12-19(17)22(25)13-24)26-15-16-6-2-1-3-7-16/h1-12,22H,13-15,24H2. The molecule has 3 nitrogen and oxygen atoms in total. The first kappa shape index (κ1) is 16.6. The average Bonchev–Trinajstić information content (AvgIpc) is 3.05. The van der Waals surface area contributed by atoms with Crippen LogP contribution in [0.3, 0.4) is 0 Å². The molecule has 1 unspecified atom stereocenters. The molecule has 0 aliphatic carbocycles. The molecule has 1 atom stereocenters. The average molecular weight is 348 g/mol. The number of rotatable bonds is 5. The van der Waals surface area contributed by atoms with Crippen molar-refractivity contribution in [1.29, 1.82) is 0 Å². The van der Waals surface area contributed by atoms with Crippen LogP contribution in [0.1, 0.15) is 22.7 Å². The van der Waals surface area contributed by atoms with Gasteiger partial charge >= 0.3 is 0 Å². The lowest BCUT2D eigenvalue weighted by Crippen LogP contribution is -2.28. The number of hydrogen-bond donors (Lipinski definition) is 1. The van der Waals surface area contributed by atoms with Crippen molar-refractivity contribution in [3.8, 4) is 5.75 Å². The molecule has 4 heteroatoms. The summed E-state index contributed by atoms with van der Waals surface area (Å²) in [5.74, 6) is 0.584. The van der Waals surface area contributed by atoms with Gasteiger partial charge in [0.05, 0.1) is 11.7 Å². The van der Waals surface area contributed by atoms with Gasteiger partial charge in [-0.3, -0.25) is 0 Å². The van der Waals surface area contributed by atoms with Crippen LogP contribution in [0.5, 0.6) is 5.75 Å². The SMILES string of the molecule is NCC1c2cc(OCc3ccccc3)ccc2CN1c1ccccc1F. The fourth-order valence-corrected chi connectivity index (χ4v) is 3.51. The molecule has 0 fully saturated rings. The van der Waals surface area contributed by atoms with Gasteiger partial charge in [-0.15, -0.1) is 0 Å². The van der Waals surface area contributed by atoms with Crippen LogP contribution in [0.15, 0.2) is 72.8 Å². The highest BCUT2D eigenvalue weighted by molar-refractivity contribution is 5.56. The number of anilines is 1. The first-order valence-corrected chi connectivity index (χ1v) is 8.77. The van der Waals surface area contributed by atoms with Crippen molar-refractivity contribution in [2.75, 3.05) is 11.4 Å². The molecule has 4 rings (SSSR count). The van der Waals surface area contributed by atoms with Crippen molar-refractivity contribution in [2.45, 2.75) is 19.2 Å². The van der Waals surface area contributed by atoms with E-state index in [1.165, 1.54) is 6.07 Å². The summed E-state index contributed by atoms with van der Waals surface area (Å²) in [4.78, 5) is 2.03. The Morgan fingerprint density at radius 2 is 1.77 bits per heavy atom. The van der Waals surface area contributed by atoms with E-state index in [0.29, 0.717) is 25.4 Å².